The van der Waals surface area contributed by atoms with Crippen LogP contribution >= 0.6 is 0 Å². The van der Waals surface area contributed by atoms with Gasteiger partial charge in [-0.2, -0.15) is 0 Å². The Morgan fingerprint density at radius 3 is 2.16 bits per heavy atom. The third kappa shape index (κ3) is 8.20. The number of benzene rings is 1. The summed E-state index contributed by atoms with van der Waals surface area (Å²) in [7, 11) is 0. The zero-order valence-corrected chi connectivity index (χ0v) is 19.2. The smallest absolute Gasteiger partial charge is 0.411 e. The molecule has 172 valence electrons. The molecule has 1 heterocycles. The lowest BCUT2D eigenvalue weighted by molar-refractivity contribution is -0.166. The van der Waals surface area contributed by atoms with E-state index in [4.69, 9.17) is 18.9 Å². The van der Waals surface area contributed by atoms with Crippen molar-refractivity contribution in [2.75, 3.05) is 13.2 Å². The lowest BCUT2D eigenvalue weighted by atomic mass is 10.1. The van der Waals surface area contributed by atoms with Gasteiger partial charge < -0.3 is 18.9 Å². The topological polar surface area (TPSA) is 91.4 Å². The minimum absolute atomic E-state index is 0.0666. The van der Waals surface area contributed by atoms with E-state index in [9.17, 15) is 14.4 Å². The Bertz CT molecular complexity index is 764. The number of nitrogens with zero attached hydrogens (tertiary/aromatic N) is 1. The van der Waals surface area contributed by atoms with E-state index < -0.39 is 41.4 Å². The van der Waals surface area contributed by atoms with Gasteiger partial charge in [0.1, 0.15) is 24.4 Å². The summed E-state index contributed by atoms with van der Waals surface area (Å²) >= 11 is 0. The first-order valence-corrected chi connectivity index (χ1v) is 10.4. The molecule has 1 aliphatic rings. The molecule has 0 aliphatic carbocycles. The van der Waals surface area contributed by atoms with Crippen molar-refractivity contribution in [3.63, 3.8) is 0 Å². The van der Waals surface area contributed by atoms with Crippen molar-refractivity contribution in [1.82, 2.24) is 4.90 Å². The minimum Gasteiger partial charge on any atom is -0.459 e. The Morgan fingerprint density at radius 1 is 0.968 bits per heavy atom. The maximum atomic E-state index is 12.9. The maximum absolute atomic E-state index is 12.9. The van der Waals surface area contributed by atoms with Crippen molar-refractivity contribution in [3.8, 4) is 0 Å². The highest BCUT2D eigenvalue weighted by molar-refractivity contribution is 5.83. The highest BCUT2D eigenvalue weighted by Gasteiger charge is 2.45. The van der Waals surface area contributed by atoms with Crippen molar-refractivity contribution in [2.45, 2.75) is 77.9 Å². The number of likely N-dealkylation sites (tertiary alicyclic amines) is 1. The largest absolute Gasteiger partial charge is 0.459 e. The number of esters is 2. The van der Waals surface area contributed by atoms with E-state index in [2.05, 4.69) is 0 Å². The molecule has 1 saturated heterocycles. The van der Waals surface area contributed by atoms with Crippen molar-refractivity contribution in [1.29, 1.82) is 0 Å². The van der Waals surface area contributed by atoms with Gasteiger partial charge in [-0.05, 0) is 53.5 Å². The van der Waals surface area contributed by atoms with Gasteiger partial charge in [-0.25, -0.2) is 14.4 Å². The van der Waals surface area contributed by atoms with Crippen LogP contribution in [0.3, 0.4) is 0 Å². The highest BCUT2D eigenvalue weighted by atomic mass is 16.6. The fourth-order valence-corrected chi connectivity index (χ4v) is 3.10. The molecule has 31 heavy (non-hydrogen) atoms. The number of hydrogen-bond acceptors (Lipinski definition) is 7. The summed E-state index contributed by atoms with van der Waals surface area (Å²) in [6.07, 6.45) is -0.964. The second-order valence-electron chi connectivity index (χ2n) is 9.44. The van der Waals surface area contributed by atoms with Crippen LogP contribution < -0.4 is 0 Å². The van der Waals surface area contributed by atoms with Gasteiger partial charge in [0.05, 0.1) is 6.10 Å². The molecule has 0 spiro atoms. The summed E-state index contributed by atoms with van der Waals surface area (Å²) < 4.78 is 21.8. The number of rotatable bonds is 6. The fourth-order valence-electron chi connectivity index (χ4n) is 3.10. The SMILES string of the molecule is CC(C)(C)OC(=O)CO[C@@H]1CCN(C(=O)OC(C)(C)C)[C@@H]1C(=O)OCc1ccccc1. The Balaban J connectivity index is 2.09. The van der Waals surface area contributed by atoms with Crippen molar-refractivity contribution >= 4 is 18.0 Å². The molecule has 1 amide bonds. The lowest BCUT2D eigenvalue weighted by Crippen LogP contribution is -2.48. The van der Waals surface area contributed by atoms with Crippen molar-refractivity contribution in [3.05, 3.63) is 35.9 Å². The molecule has 1 aromatic rings. The Hall–Kier alpha value is -2.61. The van der Waals surface area contributed by atoms with E-state index >= 15 is 0 Å². The molecule has 0 aromatic heterocycles. The summed E-state index contributed by atoms with van der Waals surface area (Å²) in [4.78, 5) is 38.9. The first-order chi connectivity index (χ1) is 14.4. The van der Waals surface area contributed by atoms with Crippen molar-refractivity contribution in [2.24, 2.45) is 0 Å². The van der Waals surface area contributed by atoms with Crippen LogP contribution in [0.1, 0.15) is 53.5 Å². The van der Waals surface area contributed by atoms with Gasteiger partial charge in [0, 0.05) is 6.54 Å². The highest BCUT2D eigenvalue weighted by Crippen LogP contribution is 2.25. The molecule has 8 heteroatoms. The van der Waals surface area contributed by atoms with Crippen LogP contribution in [0.5, 0.6) is 0 Å². The van der Waals surface area contributed by atoms with E-state index in [-0.39, 0.29) is 19.8 Å². The average molecular weight is 436 g/mol. The molecule has 0 N–H and O–H groups in total. The molecule has 1 aliphatic heterocycles. The summed E-state index contributed by atoms with van der Waals surface area (Å²) in [6.45, 7) is 10.5. The van der Waals surface area contributed by atoms with E-state index in [1.54, 1.807) is 41.5 Å². The first kappa shape index (κ1) is 24.7. The molecule has 0 unspecified atom stereocenters. The number of amides is 1. The Labute approximate surface area is 183 Å². The first-order valence-electron chi connectivity index (χ1n) is 10.4. The van der Waals surface area contributed by atoms with Crippen LogP contribution in [-0.4, -0.2) is 59.4 Å². The number of hydrogen-bond donors (Lipinski definition) is 0. The molecule has 8 nitrogen and oxygen atoms in total. The summed E-state index contributed by atoms with van der Waals surface area (Å²) in [5, 5.41) is 0. The molecule has 0 radical (unpaired) electrons. The summed E-state index contributed by atoms with van der Waals surface area (Å²) in [6, 6.07) is 8.22. The average Bonchev–Trinajstić information content (AvgIpc) is 3.07. The predicted molar refractivity (Wildman–Crippen MR) is 113 cm³/mol. The number of ether oxygens (including phenoxy) is 4. The molecule has 2 rings (SSSR count). The molecule has 1 aromatic carbocycles. The van der Waals surface area contributed by atoms with E-state index in [1.165, 1.54) is 4.90 Å². The van der Waals surface area contributed by atoms with E-state index in [0.717, 1.165) is 5.56 Å². The molecular weight excluding hydrogens is 402 g/mol. The predicted octanol–water partition coefficient (Wildman–Crippen LogP) is 3.47. The summed E-state index contributed by atoms with van der Waals surface area (Å²) in [5.41, 5.74) is -0.540. The van der Waals surface area contributed by atoms with Crippen LogP contribution in [0.4, 0.5) is 4.79 Å². The Kier molecular flexibility index (Phi) is 8.06. The van der Waals surface area contributed by atoms with E-state index in [1.807, 2.05) is 30.3 Å². The molecule has 2 atom stereocenters. The van der Waals surface area contributed by atoms with Gasteiger partial charge >= 0.3 is 18.0 Å². The lowest BCUT2D eigenvalue weighted by Gasteiger charge is -2.29. The number of carbonyl (C=O) groups excluding carboxylic acids is 3. The molecule has 0 bridgehead atoms. The Morgan fingerprint density at radius 2 is 1.58 bits per heavy atom. The van der Waals surface area contributed by atoms with Crippen LogP contribution in [0, 0.1) is 0 Å². The molecule has 1 fully saturated rings. The number of carbonyl (C=O) groups is 3. The second kappa shape index (κ2) is 10.1. The van der Waals surface area contributed by atoms with Crippen LogP contribution in [0.15, 0.2) is 30.3 Å². The van der Waals surface area contributed by atoms with Gasteiger partial charge in [-0.1, -0.05) is 30.3 Å². The van der Waals surface area contributed by atoms with Crippen LogP contribution in [0.2, 0.25) is 0 Å². The van der Waals surface area contributed by atoms with Crippen LogP contribution in [-0.2, 0) is 35.1 Å². The van der Waals surface area contributed by atoms with Gasteiger partial charge in [0.2, 0.25) is 0 Å². The van der Waals surface area contributed by atoms with E-state index in [0.29, 0.717) is 6.42 Å². The minimum atomic E-state index is -1.01. The van der Waals surface area contributed by atoms with Crippen molar-refractivity contribution < 1.29 is 33.3 Å². The zero-order chi connectivity index (χ0) is 23.2. The van der Waals surface area contributed by atoms with Gasteiger partial charge in [-0.15, -0.1) is 0 Å². The normalized spacial score (nSPS) is 19.1. The third-order valence-corrected chi connectivity index (χ3v) is 4.27. The molecular formula is C23H33NO7. The third-order valence-electron chi connectivity index (χ3n) is 4.27. The van der Waals surface area contributed by atoms with Gasteiger partial charge in [0.15, 0.2) is 6.04 Å². The van der Waals surface area contributed by atoms with Crippen LogP contribution in [0.25, 0.3) is 0 Å². The quantitative estimate of drug-likeness (QED) is 0.499. The second-order valence-corrected chi connectivity index (χ2v) is 9.44. The molecule has 0 saturated carbocycles. The van der Waals surface area contributed by atoms with Gasteiger partial charge in [-0.3, -0.25) is 4.90 Å². The maximum Gasteiger partial charge on any atom is 0.411 e. The fraction of sp³-hybridized carbons (Fsp3) is 0.609. The summed E-state index contributed by atoms with van der Waals surface area (Å²) in [5.74, 6) is -1.15. The standard InChI is InChI=1S/C23H33NO7/c1-22(2,3)30-18(25)15-28-17-12-13-24(21(27)31-23(4,5)6)19(17)20(26)29-14-16-10-8-7-9-11-16/h7-11,17,19H,12-15H2,1-6H3/t17-,19+/m1/s1. The zero-order valence-electron chi connectivity index (χ0n) is 19.2. The van der Waals surface area contributed by atoms with Gasteiger partial charge in [0.25, 0.3) is 0 Å². The monoisotopic (exact) mass is 435 g/mol.